The third-order valence-corrected chi connectivity index (χ3v) is 4.34. The molecular weight excluding hydrogens is 370 g/mol. The first-order valence-corrected chi connectivity index (χ1v) is 8.81. The van der Waals surface area contributed by atoms with E-state index in [1.807, 2.05) is 11.0 Å². The first-order valence-electron chi connectivity index (χ1n) is 8.43. The molecule has 1 saturated heterocycles. The molecule has 1 aliphatic rings. The molecule has 142 valence electrons. The summed E-state index contributed by atoms with van der Waals surface area (Å²) in [5, 5.41) is 5.98. The van der Waals surface area contributed by atoms with E-state index in [9.17, 15) is 9.59 Å². The van der Waals surface area contributed by atoms with Gasteiger partial charge >= 0.3 is 0 Å². The molecule has 1 heterocycles. The summed E-state index contributed by atoms with van der Waals surface area (Å²) in [7, 11) is 1.54. The van der Waals surface area contributed by atoms with Crippen LogP contribution in [0.3, 0.4) is 0 Å². The Labute approximate surface area is 162 Å². The molecule has 7 nitrogen and oxygen atoms in total. The van der Waals surface area contributed by atoms with Crippen molar-refractivity contribution in [3.63, 3.8) is 0 Å². The van der Waals surface area contributed by atoms with Crippen LogP contribution in [0.15, 0.2) is 42.5 Å². The number of rotatable bonds is 6. The summed E-state index contributed by atoms with van der Waals surface area (Å²) in [5.41, 5.74) is 1.31. The van der Waals surface area contributed by atoms with Gasteiger partial charge in [0.25, 0.3) is 5.91 Å². The predicted molar refractivity (Wildman–Crippen MR) is 104 cm³/mol. The third-order valence-electron chi connectivity index (χ3n) is 4.04. The van der Waals surface area contributed by atoms with E-state index in [2.05, 4.69) is 10.6 Å². The zero-order valence-corrected chi connectivity index (χ0v) is 15.6. The van der Waals surface area contributed by atoms with Gasteiger partial charge in [-0.25, -0.2) is 0 Å². The molecule has 1 fully saturated rings. The van der Waals surface area contributed by atoms with Crippen molar-refractivity contribution in [2.24, 2.45) is 0 Å². The van der Waals surface area contributed by atoms with Gasteiger partial charge in [0.15, 0.2) is 18.1 Å². The minimum absolute atomic E-state index is 0.0387. The number of piperazine rings is 1. The van der Waals surface area contributed by atoms with Gasteiger partial charge in [0.2, 0.25) is 5.91 Å². The van der Waals surface area contributed by atoms with Crippen molar-refractivity contribution in [2.75, 3.05) is 43.6 Å². The molecule has 8 heteroatoms. The number of nitrogens with zero attached hydrogens (tertiary/aromatic N) is 1. The Morgan fingerprint density at radius 1 is 1.26 bits per heavy atom. The number of hydrogen-bond donors (Lipinski definition) is 2. The van der Waals surface area contributed by atoms with Gasteiger partial charge in [-0.1, -0.05) is 23.7 Å². The first-order chi connectivity index (χ1) is 13.1. The van der Waals surface area contributed by atoms with Gasteiger partial charge < -0.3 is 25.0 Å². The number of methoxy groups -OCH3 is 1. The molecular formula is C19H20ClN3O4. The lowest BCUT2D eigenvalue weighted by molar-refractivity contribution is -0.120. The van der Waals surface area contributed by atoms with E-state index in [-0.39, 0.29) is 25.0 Å². The fourth-order valence-corrected chi connectivity index (χ4v) is 3.06. The van der Waals surface area contributed by atoms with Gasteiger partial charge in [0.1, 0.15) is 0 Å². The highest BCUT2D eigenvalue weighted by Gasteiger charge is 2.19. The second-order valence-electron chi connectivity index (χ2n) is 5.93. The first kappa shape index (κ1) is 18.8. The smallest absolute Gasteiger partial charge is 0.262 e. The number of benzene rings is 2. The lowest BCUT2D eigenvalue weighted by atomic mass is 10.2. The molecule has 27 heavy (non-hydrogen) atoms. The van der Waals surface area contributed by atoms with Crippen LogP contribution in [-0.4, -0.2) is 45.2 Å². The van der Waals surface area contributed by atoms with E-state index < -0.39 is 0 Å². The number of nitrogens with one attached hydrogen (secondary N) is 2. The van der Waals surface area contributed by atoms with Crippen LogP contribution in [0.25, 0.3) is 0 Å². The summed E-state index contributed by atoms with van der Waals surface area (Å²) < 4.78 is 10.7. The molecule has 0 unspecified atom stereocenters. The van der Waals surface area contributed by atoms with Gasteiger partial charge in [-0.2, -0.15) is 0 Å². The summed E-state index contributed by atoms with van der Waals surface area (Å²) in [6, 6.07) is 12.3. The molecule has 3 rings (SSSR count). The zero-order chi connectivity index (χ0) is 19.2. The predicted octanol–water partition coefficient (Wildman–Crippen LogP) is 2.30. The second-order valence-corrected chi connectivity index (χ2v) is 6.33. The highest BCUT2D eigenvalue weighted by Crippen LogP contribution is 2.29. The van der Waals surface area contributed by atoms with Crippen LogP contribution in [0.1, 0.15) is 0 Å². The summed E-state index contributed by atoms with van der Waals surface area (Å²) in [6.45, 7) is 1.36. The monoisotopic (exact) mass is 389 g/mol. The molecule has 0 aliphatic carbocycles. The number of carbonyl (C=O) groups is 2. The van der Waals surface area contributed by atoms with E-state index in [0.29, 0.717) is 35.3 Å². The average Bonchev–Trinajstić information content (AvgIpc) is 2.66. The lowest BCUT2D eigenvalue weighted by Gasteiger charge is -2.29. The van der Waals surface area contributed by atoms with Crippen molar-refractivity contribution in [3.8, 4) is 11.5 Å². The Morgan fingerprint density at radius 2 is 2.04 bits per heavy atom. The van der Waals surface area contributed by atoms with E-state index in [1.54, 1.807) is 36.4 Å². The van der Waals surface area contributed by atoms with E-state index in [1.165, 1.54) is 7.11 Å². The molecule has 0 atom stereocenters. The van der Waals surface area contributed by atoms with Crippen LogP contribution in [-0.2, 0) is 9.59 Å². The average molecular weight is 390 g/mol. The van der Waals surface area contributed by atoms with Crippen molar-refractivity contribution in [2.45, 2.75) is 0 Å². The SMILES string of the molecule is COc1ccccc1OCC(=O)Nc1ccc(N2CCNC(=O)C2)c(Cl)c1. The van der Waals surface area contributed by atoms with Crippen molar-refractivity contribution in [1.82, 2.24) is 5.32 Å². The fraction of sp³-hybridized carbons (Fsp3) is 0.263. The molecule has 0 saturated carbocycles. The van der Waals surface area contributed by atoms with Crippen LogP contribution in [0, 0.1) is 0 Å². The highest BCUT2D eigenvalue weighted by atomic mass is 35.5. The van der Waals surface area contributed by atoms with E-state index >= 15 is 0 Å². The Kier molecular flexibility index (Phi) is 6.03. The molecule has 2 N–H and O–H groups in total. The van der Waals surface area contributed by atoms with Crippen LogP contribution < -0.4 is 25.0 Å². The summed E-state index contributed by atoms with van der Waals surface area (Å²) in [6.07, 6.45) is 0. The Hall–Kier alpha value is -2.93. The topological polar surface area (TPSA) is 79.9 Å². The number of ether oxygens (including phenoxy) is 2. The molecule has 2 aromatic rings. The summed E-state index contributed by atoms with van der Waals surface area (Å²) >= 11 is 6.33. The Morgan fingerprint density at radius 3 is 2.74 bits per heavy atom. The maximum Gasteiger partial charge on any atom is 0.262 e. The van der Waals surface area contributed by atoms with Crippen LogP contribution in [0.2, 0.25) is 5.02 Å². The number of carbonyl (C=O) groups excluding carboxylic acids is 2. The zero-order valence-electron chi connectivity index (χ0n) is 14.8. The Balaban J connectivity index is 1.59. The third kappa shape index (κ3) is 4.83. The van der Waals surface area contributed by atoms with Gasteiger partial charge in [-0.15, -0.1) is 0 Å². The largest absolute Gasteiger partial charge is 0.493 e. The normalized spacial score (nSPS) is 13.7. The Bertz CT molecular complexity index is 843. The lowest BCUT2D eigenvalue weighted by Crippen LogP contribution is -2.47. The van der Waals surface area contributed by atoms with E-state index in [4.69, 9.17) is 21.1 Å². The van der Waals surface area contributed by atoms with Crippen molar-refractivity contribution < 1.29 is 19.1 Å². The molecule has 0 bridgehead atoms. The summed E-state index contributed by atoms with van der Waals surface area (Å²) in [4.78, 5) is 25.6. The molecule has 0 aromatic heterocycles. The van der Waals surface area contributed by atoms with Crippen molar-refractivity contribution in [1.29, 1.82) is 0 Å². The van der Waals surface area contributed by atoms with Crippen LogP contribution in [0.4, 0.5) is 11.4 Å². The highest BCUT2D eigenvalue weighted by molar-refractivity contribution is 6.33. The standard InChI is InChI=1S/C19H20ClN3O4/c1-26-16-4-2-3-5-17(16)27-12-19(25)22-13-6-7-15(14(20)10-13)23-9-8-21-18(24)11-23/h2-7,10H,8-9,11-12H2,1H3,(H,21,24)(H,22,25). The maximum absolute atomic E-state index is 12.1. The van der Waals surface area contributed by atoms with Gasteiger partial charge in [-0.05, 0) is 30.3 Å². The number of para-hydroxylation sites is 2. The van der Waals surface area contributed by atoms with Gasteiger partial charge in [-0.3, -0.25) is 9.59 Å². The fourth-order valence-electron chi connectivity index (χ4n) is 2.76. The van der Waals surface area contributed by atoms with Gasteiger partial charge in [0.05, 0.1) is 24.4 Å². The van der Waals surface area contributed by atoms with Crippen molar-refractivity contribution in [3.05, 3.63) is 47.5 Å². The quantitative estimate of drug-likeness (QED) is 0.792. The number of halogens is 1. The maximum atomic E-state index is 12.1. The number of anilines is 2. The second kappa shape index (κ2) is 8.64. The van der Waals surface area contributed by atoms with E-state index in [0.717, 1.165) is 5.69 Å². The van der Waals surface area contributed by atoms with Crippen LogP contribution >= 0.6 is 11.6 Å². The minimum atomic E-state index is -0.318. The minimum Gasteiger partial charge on any atom is -0.493 e. The number of amides is 2. The summed E-state index contributed by atoms with van der Waals surface area (Å²) in [5.74, 6) is 0.695. The van der Waals surface area contributed by atoms with Crippen molar-refractivity contribution >= 4 is 34.8 Å². The molecule has 0 spiro atoms. The van der Waals surface area contributed by atoms with Gasteiger partial charge in [0, 0.05) is 18.8 Å². The molecule has 2 aromatic carbocycles. The number of hydrogen-bond acceptors (Lipinski definition) is 5. The molecule has 2 amide bonds. The molecule has 0 radical (unpaired) electrons. The molecule has 1 aliphatic heterocycles. The van der Waals surface area contributed by atoms with Crippen LogP contribution in [0.5, 0.6) is 11.5 Å².